The topological polar surface area (TPSA) is 63.0 Å². The predicted octanol–water partition coefficient (Wildman–Crippen LogP) is 5.04. The standard InChI is InChI=1S/C28H31FN2O4/c1-2-34-28(33)22-14-16-31(17-15-22)27(32)26-13-12-24(35-26)20-30(18-21-8-4-3-5-9-21)19-23-10-6-7-11-25(23)29/h3-13,22H,2,14-20H2,1H3. The highest BCUT2D eigenvalue weighted by molar-refractivity contribution is 5.91. The minimum Gasteiger partial charge on any atom is -0.466 e. The number of esters is 1. The van der Waals surface area contributed by atoms with E-state index in [1.54, 1.807) is 36.1 Å². The summed E-state index contributed by atoms with van der Waals surface area (Å²) >= 11 is 0. The lowest BCUT2D eigenvalue weighted by molar-refractivity contribution is -0.149. The second kappa shape index (κ2) is 11.8. The number of halogens is 1. The van der Waals surface area contributed by atoms with Crippen LogP contribution in [0.2, 0.25) is 0 Å². The van der Waals surface area contributed by atoms with E-state index in [1.807, 2.05) is 36.4 Å². The van der Waals surface area contributed by atoms with Gasteiger partial charge in [0.1, 0.15) is 11.6 Å². The quantitative estimate of drug-likeness (QED) is 0.404. The Balaban J connectivity index is 1.41. The van der Waals surface area contributed by atoms with Crippen LogP contribution >= 0.6 is 0 Å². The van der Waals surface area contributed by atoms with Gasteiger partial charge in [0.2, 0.25) is 0 Å². The van der Waals surface area contributed by atoms with Crippen LogP contribution in [0.1, 0.15) is 47.2 Å². The van der Waals surface area contributed by atoms with Gasteiger partial charge in [-0.25, -0.2) is 4.39 Å². The largest absolute Gasteiger partial charge is 0.466 e. The lowest BCUT2D eigenvalue weighted by atomic mass is 9.97. The van der Waals surface area contributed by atoms with E-state index in [0.717, 1.165) is 5.56 Å². The number of carbonyl (C=O) groups is 2. The van der Waals surface area contributed by atoms with E-state index in [1.165, 1.54) is 6.07 Å². The van der Waals surface area contributed by atoms with Crippen LogP contribution in [0.3, 0.4) is 0 Å². The molecular formula is C28H31FN2O4. The van der Waals surface area contributed by atoms with Crippen LogP contribution < -0.4 is 0 Å². The molecule has 7 heteroatoms. The van der Waals surface area contributed by atoms with Crippen molar-refractivity contribution in [2.45, 2.75) is 39.4 Å². The van der Waals surface area contributed by atoms with E-state index in [4.69, 9.17) is 9.15 Å². The molecule has 35 heavy (non-hydrogen) atoms. The molecule has 1 fully saturated rings. The van der Waals surface area contributed by atoms with Crippen LogP contribution in [-0.2, 0) is 29.2 Å². The SMILES string of the molecule is CCOC(=O)C1CCN(C(=O)c2ccc(CN(Cc3ccccc3)Cc3ccccc3F)o2)CC1. The van der Waals surface area contributed by atoms with Crippen molar-refractivity contribution in [2.24, 2.45) is 5.92 Å². The van der Waals surface area contributed by atoms with Crippen molar-refractivity contribution in [1.29, 1.82) is 0 Å². The number of amides is 1. The summed E-state index contributed by atoms with van der Waals surface area (Å²) in [5, 5.41) is 0. The molecule has 1 aromatic heterocycles. The van der Waals surface area contributed by atoms with E-state index >= 15 is 0 Å². The number of benzene rings is 2. The third kappa shape index (κ3) is 6.57. The zero-order valence-corrected chi connectivity index (χ0v) is 20.0. The molecule has 2 aromatic carbocycles. The molecule has 1 amide bonds. The molecule has 0 aliphatic carbocycles. The van der Waals surface area contributed by atoms with Crippen molar-refractivity contribution in [3.63, 3.8) is 0 Å². The van der Waals surface area contributed by atoms with Gasteiger partial charge in [-0.1, -0.05) is 48.5 Å². The zero-order valence-electron chi connectivity index (χ0n) is 20.0. The fourth-order valence-corrected chi connectivity index (χ4v) is 4.41. The van der Waals surface area contributed by atoms with Gasteiger partial charge >= 0.3 is 5.97 Å². The minimum atomic E-state index is -0.243. The maximum absolute atomic E-state index is 14.3. The number of rotatable bonds is 9. The van der Waals surface area contributed by atoms with Crippen molar-refractivity contribution in [1.82, 2.24) is 9.80 Å². The van der Waals surface area contributed by atoms with Crippen LogP contribution in [0.5, 0.6) is 0 Å². The first kappa shape index (κ1) is 24.7. The third-order valence-electron chi connectivity index (χ3n) is 6.25. The van der Waals surface area contributed by atoms with Crippen LogP contribution in [-0.4, -0.2) is 41.4 Å². The molecule has 184 valence electrons. The van der Waals surface area contributed by atoms with Crippen LogP contribution in [0.4, 0.5) is 4.39 Å². The molecule has 1 aliphatic rings. The fourth-order valence-electron chi connectivity index (χ4n) is 4.41. The molecule has 4 rings (SSSR count). The molecule has 1 saturated heterocycles. The number of carbonyl (C=O) groups excluding carboxylic acids is 2. The minimum absolute atomic E-state index is 0.156. The summed E-state index contributed by atoms with van der Waals surface area (Å²) in [6.07, 6.45) is 1.18. The molecule has 6 nitrogen and oxygen atoms in total. The highest BCUT2D eigenvalue weighted by Gasteiger charge is 2.29. The van der Waals surface area contributed by atoms with Gasteiger partial charge in [-0.05, 0) is 43.5 Å². The normalized spacial score (nSPS) is 14.3. The summed E-state index contributed by atoms with van der Waals surface area (Å²) in [5.41, 5.74) is 1.71. The monoisotopic (exact) mass is 478 g/mol. The Hall–Kier alpha value is -3.45. The Kier molecular flexibility index (Phi) is 8.32. The molecule has 3 aromatic rings. The van der Waals surface area contributed by atoms with Gasteiger partial charge in [-0.15, -0.1) is 0 Å². The average molecular weight is 479 g/mol. The Morgan fingerprint density at radius 3 is 2.40 bits per heavy atom. The lowest BCUT2D eigenvalue weighted by Crippen LogP contribution is -2.40. The Bertz CT molecular complexity index is 1120. The number of furan rings is 1. The van der Waals surface area contributed by atoms with Gasteiger partial charge in [0, 0.05) is 31.7 Å². The van der Waals surface area contributed by atoms with Gasteiger partial charge in [-0.2, -0.15) is 0 Å². The summed E-state index contributed by atoms with van der Waals surface area (Å²) in [7, 11) is 0. The summed E-state index contributed by atoms with van der Waals surface area (Å²) in [5.74, 6) is 0.154. The summed E-state index contributed by atoms with van der Waals surface area (Å²) in [4.78, 5) is 28.8. The maximum Gasteiger partial charge on any atom is 0.309 e. The first-order valence-electron chi connectivity index (χ1n) is 12.1. The van der Waals surface area contributed by atoms with E-state index in [-0.39, 0.29) is 29.4 Å². The predicted molar refractivity (Wildman–Crippen MR) is 130 cm³/mol. The van der Waals surface area contributed by atoms with Crippen molar-refractivity contribution in [3.8, 4) is 0 Å². The molecule has 0 radical (unpaired) electrons. The van der Waals surface area contributed by atoms with Gasteiger partial charge < -0.3 is 14.1 Å². The fraction of sp³-hybridized carbons (Fsp3) is 0.357. The molecule has 2 heterocycles. The van der Waals surface area contributed by atoms with Crippen molar-refractivity contribution >= 4 is 11.9 Å². The molecule has 0 spiro atoms. The first-order chi connectivity index (χ1) is 17.0. The summed E-state index contributed by atoms with van der Waals surface area (Å²) < 4.78 is 25.4. The number of ether oxygens (including phenoxy) is 1. The highest BCUT2D eigenvalue weighted by Crippen LogP contribution is 2.22. The molecular weight excluding hydrogens is 447 g/mol. The summed E-state index contributed by atoms with van der Waals surface area (Å²) in [6.45, 7) is 4.60. The zero-order chi connectivity index (χ0) is 24.6. The second-order valence-electron chi connectivity index (χ2n) is 8.81. The van der Waals surface area contributed by atoms with Crippen molar-refractivity contribution in [3.05, 3.63) is 95.2 Å². The van der Waals surface area contributed by atoms with E-state index in [2.05, 4.69) is 4.90 Å². The van der Waals surface area contributed by atoms with Crippen molar-refractivity contribution in [2.75, 3.05) is 19.7 Å². The van der Waals surface area contributed by atoms with Gasteiger partial charge in [-0.3, -0.25) is 14.5 Å². The van der Waals surface area contributed by atoms with Gasteiger partial charge in [0.25, 0.3) is 5.91 Å². The summed E-state index contributed by atoms with van der Waals surface area (Å²) in [6, 6.07) is 20.2. The van der Waals surface area contributed by atoms with Crippen LogP contribution in [0.25, 0.3) is 0 Å². The van der Waals surface area contributed by atoms with Crippen LogP contribution in [0.15, 0.2) is 71.1 Å². The average Bonchev–Trinajstić information content (AvgIpc) is 3.34. The van der Waals surface area contributed by atoms with E-state index in [0.29, 0.717) is 63.5 Å². The first-order valence-corrected chi connectivity index (χ1v) is 12.1. The molecule has 0 saturated carbocycles. The highest BCUT2D eigenvalue weighted by atomic mass is 19.1. The lowest BCUT2D eigenvalue weighted by Gasteiger charge is -2.30. The van der Waals surface area contributed by atoms with E-state index in [9.17, 15) is 14.0 Å². The second-order valence-corrected chi connectivity index (χ2v) is 8.81. The molecule has 0 N–H and O–H groups in total. The van der Waals surface area contributed by atoms with Gasteiger partial charge in [0.15, 0.2) is 5.76 Å². The Morgan fingerprint density at radius 2 is 1.69 bits per heavy atom. The third-order valence-corrected chi connectivity index (χ3v) is 6.25. The number of hydrogen-bond acceptors (Lipinski definition) is 5. The molecule has 0 atom stereocenters. The molecule has 1 aliphatic heterocycles. The van der Waals surface area contributed by atoms with Crippen molar-refractivity contribution < 1.29 is 23.1 Å². The number of hydrogen-bond donors (Lipinski definition) is 0. The Labute approximate surface area is 205 Å². The maximum atomic E-state index is 14.3. The van der Waals surface area contributed by atoms with E-state index < -0.39 is 0 Å². The number of piperidine rings is 1. The Morgan fingerprint density at radius 1 is 0.971 bits per heavy atom. The number of nitrogens with zero attached hydrogens (tertiary/aromatic N) is 2. The molecule has 0 bridgehead atoms. The van der Waals surface area contributed by atoms with Crippen LogP contribution in [0, 0.1) is 11.7 Å². The number of likely N-dealkylation sites (tertiary alicyclic amines) is 1. The molecule has 0 unspecified atom stereocenters. The van der Waals surface area contributed by atoms with Gasteiger partial charge in [0.05, 0.1) is 19.1 Å². The smallest absolute Gasteiger partial charge is 0.309 e.